The lowest BCUT2D eigenvalue weighted by Gasteiger charge is -2.18. The predicted molar refractivity (Wildman–Crippen MR) is 86.4 cm³/mol. The summed E-state index contributed by atoms with van der Waals surface area (Å²) in [4.78, 5) is 12.1. The van der Waals surface area contributed by atoms with Gasteiger partial charge < -0.3 is 16.4 Å². The minimum atomic E-state index is -0.353. The summed E-state index contributed by atoms with van der Waals surface area (Å²) < 4.78 is 0.811. The van der Waals surface area contributed by atoms with E-state index in [1.165, 1.54) is 0 Å². The van der Waals surface area contributed by atoms with Crippen LogP contribution < -0.4 is 16.4 Å². The van der Waals surface area contributed by atoms with E-state index in [1.54, 1.807) is 6.92 Å². The molecular formula is C13H18BrN3OS. The number of carbonyl (C=O) groups excluding carboxylic acids is 1. The van der Waals surface area contributed by atoms with Crippen LogP contribution in [0, 0.1) is 0 Å². The highest BCUT2D eigenvalue weighted by molar-refractivity contribution is 9.10. The molecule has 0 heterocycles. The quantitative estimate of drug-likeness (QED) is 0.694. The van der Waals surface area contributed by atoms with E-state index in [0.717, 1.165) is 16.6 Å². The van der Waals surface area contributed by atoms with Crippen molar-refractivity contribution in [3.05, 3.63) is 28.2 Å². The normalized spacial score (nSPS) is 11.7. The zero-order valence-corrected chi connectivity index (χ0v) is 13.4. The van der Waals surface area contributed by atoms with E-state index in [2.05, 4.69) is 26.6 Å². The minimum absolute atomic E-state index is 0.0456. The summed E-state index contributed by atoms with van der Waals surface area (Å²) in [6.45, 7) is 4.48. The zero-order chi connectivity index (χ0) is 14.4. The van der Waals surface area contributed by atoms with Gasteiger partial charge in [-0.25, -0.2) is 0 Å². The number of carbonyl (C=O) groups is 1. The standard InChI is InChI=1S/C13H18BrN3OS/c1-3-7-16-13(18)8(2)17-10-6-4-5-9(14)11(10)12(15)19/h4-6,8,17H,3,7H2,1-2H3,(H2,15,19)(H,16,18). The SMILES string of the molecule is CCCNC(=O)C(C)Nc1cccc(Br)c1C(N)=S. The summed E-state index contributed by atoms with van der Waals surface area (Å²) in [6, 6.07) is 5.23. The highest BCUT2D eigenvalue weighted by Crippen LogP contribution is 2.25. The second kappa shape index (κ2) is 7.45. The molecule has 6 heteroatoms. The van der Waals surface area contributed by atoms with Crippen LogP contribution in [-0.4, -0.2) is 23.5 Å². The maximum atomic E-state index is 11.8. The Morgan fingerprint density at radius 2 is 2.21 bits per heavy atom. The number of nitrogens with one attached hydrogen (secondary N) is 2. The van der Waals surface area contributed by atoms with Crippen LogP contribution in [0.5, 0.6) is 0 Å². The van der Waals surface area contributed by atoms with Gasteiger partial charge >= 0.3 is 0 Å². The fourth-order valence-electron chi connectivity index (χ4n) is 1.59. The Kier molecular flexibility index (Phi) is 6.24. The minimum Gasteiger partial charge on any atom is -0.389 e. The zero-order valence-electron chi connectivity index (χ0n) is 11.0. The Labute approximate surface area is 127 Å². The van der Waals surface area contributed by atoms with Gasteiger partial charge in [-0.05, 0) is 41.4 Å². The number of thiocarbonyl (C=S) groups is 1. The molecule has 0 saturated carbocycles. The largest absolute Gasteiger partial charge is 0.389 e. The van der Waals surface area contributed by atoms with Crippen LogP contribution in [-0.2, 0) is 4.79 Å². The third kappa shape index (κ3) is 4.47. The van der Waals surface area contributed by atoms with Crippen LogP contribution in [0.4, 0.5) is 5.69 Å². The average molecular weight is 344 g/mol. The van der Waals surface area contributed by atoms with Gasteiger partial charge in [0.25, 0.3) is 0 Å². The molecule has 1 unspecified atom stereocenters. The highest BCUT2D eigenvalue weighted by atomic mass is 79.9. The Balaban J connectivity index is 2.85. The first kappa shape index (κ1) is 15.9. The van der Waals surface area contributed by atoms with Gasteiger partial charge in [-0.15, -0.1) is 0 Å². The monoisotopic (exact) mass is 343 g/mol. The first-order valence-electron chi connectivity index (χ1n) is 6.10. The van der Waals surface area contributed by atoms with Crippen molar-refractivity contribution in [3.8, 4) is 0 Å². The lowest BCUT2D eigenvalue weighted by molar-refractivity contribution is -0.121. The van der Waals surface area contributed by atoms with Gasteiger partial charge in [-0.2, -0.15) is 0 Å². The fraction of sp³-hybridized carbons (Fsp3) is 0.385. The lowest BCUT2D eigenvalue weighted by Crippen LogP contribution is -2.38. The second-order valence-corrected chi connectivity index (χ2v) is 5.48. The van der Waals surface area contributed by atoms with Gasteiger partial charge in [0.2, 0.25) is 5.91 Å². The van der Waals surface area contributed by atoms with E-state index in [-0.39, 0.29) is 16.9 Å². The van der Waals surface area contributed by atoms with Crippen molar-refractivity contribution < 1.29 is 4.79 Å². The van der Waals surface area contributed by atoms with E-state index >= 15 is 0 Å². The fourth-order valence-corrected chi connectivity index (χ4v) is 2.53. The molecule has 1 aromatic carbocycles. The summed E-state index contributed by atoms with van der Waals surface area (Å²) in [5, 5.41) is 5.97. The third-order valence-corrected chi connectivity index (χ3v) is 3.44. The van der Waals surface area contributed by atoms with Crippen molar-refractivity contribution in [2.24, 2.45) is 5.73 Å². The van der Waals surface area contributed by atoms with E-state index in [1.807, 2.05) is 25.1 Å². The van der Waals surface area contributed by atoms with Crippen LogP contribution in [0.3, 0.4) is 0 Å². The molecule has 1 rings (SSSR count). The van der Waals surface area contributed by atoms with Crippen molar-refractivity contribution in [1.29, 1.82) is 0 Å². The summed E-state index contributed by atoms with van der Waals surface area (Å²) in [5.41, 5.74) is 7.17. The van der Waals surface area contributed by atoms with Gasteiger partial charge in [-0.3, -0.25) is 4.79 Å². The molecule has 4 N–H and O–H groups in total. The lowest BCUT2D eigenvalue weighted by atomic mass is 10.1. The molecule has 0 aliphatic heterocycles. The van der Waals surface area contributed by atoms with Crippen LogP contribution >= 0.6 is 28.1 Å². The number of benzene rings is 1. The molecule has 0 saturated heterocycles. The van der Waals surface area contributed by atoms with Crippen LogP contribution in [0.15, 0.2) is 22.7 Å². The van der Waals surface area contributed by atoms with Crippen molar-refractivity contribution in [1.82, 2.24) is 5.32 Å². The number of nitrogens with two attached hydrogens (primary N) is 1. The topological polar surface area (TPSA) is 67.2 Å². The van der Waals surface area contributed by atoms with E-state index in [4.69, 9.17) is 18.0 Å². The summed E-state index contributed by atoms with van der Waals surface area (Å²) in [6.07, 6.45) is 0.910. The van der Waals surface area contributed by atoms with Crippen molar-refractivity contribution in [2.45, 2.75) is 26.3 Å². The number of halogens is 1. The molecule has 0 fully saturated rings. The number of rotatable bonds is 6. The molecule has 0 aliphatic carbocycles. The maximum Gasteiger partial charge on any atom is 0.242 e. The summed E-state index contributed by atoms with van der Waals surface area (Å²) in [7, 11) is 0. The molecule has 1 atom stereocenters. The molecule has 0 aromatic heterocycles. The maximum absolute atomic E-state index is 11.8. The van der Waals surface area contributed by atoms with Gasteiger partial charge in [-0.1, -0.05) is 25.2 Å². The van der Waals surface area contributed by atoms with Gasteiger partial charge in [0.15, 0.2) is 0 Å². The Morgan fingerprint density at radius 3 is 2.79 bits per heavy atom. The second-order valence-electron chi connectivity index (χ2n) is 4.18. The van der Waals surface area contributed by atoms with E-state index < -0.39 is 0 Å². The third-order valence-electron chi connectivity index (χ3n) is 2.57. The molecule has 1 aromatic rings. The number of hydrogen-bond donors (Lipinski definition) is 3. The smallest absolute Gasteiger partial charge is 0.242 e. The summed E-state index contributed by atoms with van der Waals surface area (Å²) in [5.74, 6) is -0.0456. The Morgan fingerprint density at radius 1 is 1.53 bits per heavy atom. The average Bonchev–Trinajstić information content (AvgIpc) is 2.35. The van der Waals surface area contributed by atoms with E-state index in [9.17, 15) is 4.79 Å². The molecule has 0 aliphatic rings. The van der Waals surface area contributed by atoms with Crippen LogP contribution in [0.2, 0.25) is 0 Å². The van der Waals surface area contributed by atoms with Gasteiger partial charge in [0, 0.05) is 22.3 Å². The van der Waals surface area contributed by atoms with Crippen LogP contribution in [0.25, 0.3) is 0 Å². The molecule has 19 heavy (non-hydrogen) atoms. The highest BCUT2D eigenvalue weighted by Gasteiger charge is 2.15. The first-order chi connectivity index (χ1) is 8.97. The number of hydrogen-bond acceptors (Lipinski definition) is 3. The van der Waals surface area contributed by atoms with Crippen molar-refractivity contribution in [2.75, 3.05) is 11.9 Å². The Bertz CT molecular complexity index is 479. The molecule has 0 spiro atoms. The molecule has 104 valence electrons. The van der Waals surface area contributed by atoms with Crippen LogP contribution in [0.1, 0.15) is 25.8 Å². The summed E-state index contributed by atoms with van der Waals surface area (Å²) >= 11 is 8.44. The molecule has 4 nitrogen and oxygen atoms in total. The van der Waals surface area contributed by atoms with Gasteiger partial charge in [0.05, 0.1) is 0 Å². The number of anilines is 1. The molecule has 1 amide bonds. The first-order valence-corrected chi connectivity index (χ1v) is 7.30. The predicted octanol–water partition coefficient (Wildman–Crippen LogP) is 2.41. The number of amides is 1. The van der Waals surface area contributed by atoms with Crippen molar-refractivity contribution in [3.63, 3.8) is 0 Å². The molecule has 0 bridgehead atoms. The van der Waals surface area contributed by atoms with Crippen molar-refractivity contribution >= 4 is 44.7 Å². The molecular weight excluding hydrogens is 326 g/mol. The molecule has 0 radical (unpaired) electrons. The van der Waals surface area contributed by atoms with E-state index in [0.29, 0.717) is 12.1 Å². The Hall–Kier alpha value is -1.14. The van der Waals surface area contributed by atoms with Gasteiger partial charge in [0.1, 0.15) is 11.0 Å².